The first kappa shape index (κ1) is 13.8. The Hall–Kier alpha value is -1.60. The first-order valence-electron chi connectivity index (χ1n) is 5.07. The zero-order valence-electron chi connectivity index (χ0n) is 9.34. The Morgan fingerprint density at radius 3 is 2.47 bits per heavy atom. The van der Waals surface area contributed by atoms with Gasteiger partial charge in [0.25, 0.3) is 5.69 Å². The lowest BCUT2D eigenvalue weighted by atomic mass is 10.3. The fourth-order valence-electron chi connectivity index (χ4n) is 1.38. The summed E-state index contributed by atoms with van der Waals surface area (Å²) in [6.07, 6.45) is 0. The molecule has 2 aromatic carbocycles. The second-order valence-corrected chi connectivity index (χ2v) is 5.56. The predicted octanol–water partition coefficient (Wildman–Crippen LogP) is 4.35. The van der Waals surface area contributed by atoms with Crippen LogP contribution in [-0.2, 0) is 0 Å². The maximum atomic E-state index is 13.5. The molecule has 2 rings (SSSR count). The summed E-state index contributed by atoms with van der Waals surface area (Å²) >= 11 is 3.98. The van der Waals surface area contributed by atoms with Gasteiger partial charge in [0, 0.05) is 11.0 Å². The Balaban J connectivity index is 2.41. The highest BCUT2D eigenvalue weighted by molar-refractivity contribution is 9.10. The minimum absolute atomic E-state index is 0.0502. The van der Waals surface area contributed by atoms with Gasteiger partial charge >= 0.3 is 0 Å². The maximum Gasteiger partial charge on any atom is 0.284 e. The third-order valence-corrected chi connectivity index (χ3v) is 3.93. The van der Waals surface area contributed by atoms with Gasteiger partial charge in [-0.15, -0.1) is 0 Å². The summed E-state index contributed by atoms with van der Waals surface area (Å²) in [6, 6.07) is 8.37. The zero-order chi connectivity index (χ0) is 14.0. The smallest absolute Gasteiger partial charge is 0.284 e. The number of aromatic hydroxyl groups is 1. The highest BCUT2D eigenvalue weighted by Gasteiger charge is 2.18. The van der Waals surface area contributed by atoms with E-state index in [0.717, 1.165) is 23.9 Å². The van der Waals surface area contributed by atoms with Crippen molar-refractivity contribution in [1.29, 1.82) is 0 Å². The van der Waals surface area contributed by atoms with Gasteiger partial charge < -0.3 is 5.11 Å². The Bertz CT molecular complexity index is 634. The quantitative estimate of drug-likeness (QED) is 0.664. The molecule has 0 heterocycles. The van der Waals surface area contributed by atoms with Crippen LogP contribution < -0.4 is 0 Å². The van der Waals surface area contributed by atoms with E-state index in [2.05, 4.69) is 15.9 Å². The predicted molar refractivity (Wildman–Crippen MR) is 73.0 cm³/mol. The Morgan fingerprint density at radius 1 is 1.26 bits per heavy atom. The van der Waals surface area contributed by atoms with Gasteiger partial charge in [0.1, 0.15) is 11.6 Å². The van der Waals surface area contributed by atoms with Crippen molar-refractivity contribution in [2.75, 3.05) is 0 Å². The van der Waals surface area contributed by atoms with Crippen LogP contribution in [-0.4, -0.2) is 10.0 Å². The molecule has 0 unspecified atom stereocenters. The number of halogens is 2. The minimum atomic E-state index is -0.563. The van der Waals surface area contributed by atoms with Crippen LogP contribution in [0.25, 0.3) is 0 Å². The second kappa shape index (κ2) is 5.58. The molecular weight excluding hydrogens is 337 g/mol. The molecule has 0 atom stereocenters. The average molecular weight is 344 g/mol. The third-order valence-electron chi connectivity index (χ3n) is 2.26. The number of phenols is 1. The van der Waals surface area contributed by atoms with E-state index in [-0.39, 0.29) is 20.8 Å². The highest BCUT2D eigenvalue weighted by atomic mass is 79.9. The number of nitro benzene ring substituents is 1. The molecule has 7 heteroatoms. The summed E-state index contributed by atoms with van der Waals surface area (Å²) in [4.78, 5) is 11.3. The van der Waals surface area contributed by atoms with Gasteiger partial charge in [-0.1, -0.05) is 11.8 Å². The summed E-state index contributed by atoms with van der Waals surface area (Å²) in [5.41, 5.74) is -0.175. The van der Waals surface area contributed by atoms with Crippen LogP contribution in [0.4, 0.5) is 10.1 Å². The van der Waals surface area contributed by atoms with Crippen molar-refractivity contribution in [3.8, 4) is 5.75 Å². The van der Waals surface area contributed by atoms with Crippen LogP contribution in [0.3, 0.4) is 0 Å². The number of nitro groups is 1. The van der Waals surface area contributed by atoms with Gasteiger partial charge in [0.05, 0.1) is 14.3 Å². The van der Waals surface area contributed by atoms with E-state index in [1.165, 1.54) is 12.1 Å². The molecule has 19 heavy (non-hydrogen) atoms. The molecular formula is C12H7BrFNO3S. The zero-order valence-corrected chi connectivity index (χ0v) is 11.7. The van der Waals surface area contributed by atoms with Gasteiger partial charge in [0.2, 0.25) is 0 Å². The number of nitrogens with zero attached hydrogens (tertiary/aromatic N) is 1. The van der Waals surface area contributed by atoms with Crippen molar-refractivity contribution >= 4 is 33.4 Å². The van der Waals surface area contributed by atoms with E-state index in [1.54, 1.807) is 12.1 Å². The number of hydrogen-bond donors (Lipinski definition) is 1. The van der Waals surface area contributed by atoms with Crippen molar-refractivity contribution in [3.05, 3.63) is 56.8 Å². The summed E-state index contributed by atoms with van der Waals surface area (Å²) in [5, 5.41) is 20.1. The van der Waals surface area contributed by atoms with Crippen LogP contribution in [0.15, 0.2) is 50.7 Å². The van der Waals surface area contributed by atoms with Gasteiger partial charge in [-0.3, -0.25) is 10.1 Å². The highest BCUT2D eigenvalue weighted by Crippen LogP contribution is 2.37. The van der Waals surface area contributed by atoms with Crippen molar-refractivity contribution in [1.82, 2.24) is 0 Å². The summed E-state index contributed by atoms with van der Waals surface area (Å²) in [7, 11) is 0. The molecule has 0 radical (unpaired) electrons. The van der Waals surface area contributed by atoms with Gasteiger partial charge in [-0.05, 0) is 46.3 Å². The van der Waals surface area contributed by atoms with Crippen LogP contribution in [0, 0.1) is 15.9 Å². The molecule has 0 fully saturated rings. The van der Waals surface area contributed by atoms with E-state index in [0.29, 0.717) is 4.90 Å². The lowest BCUT2D eigenvalue weighted by Crippen LogP contribution is -1.92. The molecule has 4 nitrogen and oxygen atoms in total. The van der Waals surface area contributed by atoms with Gasteiger partial charge in [-0.2, -0.15) is 0 Å². The first-order chi connectivity index (χ1) is 8.97. The van der Waals surface area contributed by atoms with E-state index in [4.69, 9.17) is 5.11 Å². The molecule has 0 aliphatic carbocycles. The van der Waals surface area contributed by atoms with E-state index < -0.39 is 10.7 Å². The monoisotopic (exact) mass is 343 g/mol. The topological polar surface area (TPSA) is 63.4 Å². The Morgan fingerprint density at radius 2 is 1.89 bits per heavy atom. The average Bonchev–Trinajstić information content (AvgIpc) is 2.36. The fourth-order valence-corrected chi connectivity index (χ4v) is 2.64. The summed E-state index contributed by atoms with van der Waals surface area (Å²) in [6.45, 7) is 0. The molecule has 0 bridgehead atoms. The third kappa shape index (κ3) is 3.24. The van der Waals surface area contributed by atoms with Crippen molar-refractivity contribution < 1.29 is 14.4 Å². The minimum Gasteiger partial charge on any atom is -0.508 e. The Kier molecular flexibility index (Phi) is 4.06. The van der Waals surface area contributed by atoms with Crippen molar-refractivity contribution in [2.24, 2.45) is 0 Å². The van der Waals surface area contributed by atoms with E-state index in [9.17, 15) is 14.5 Å². The van der Waals surface area contributed by atoms with Gasteiger partial charge in [-0.25, -0.2) is 4.39 Å². The lowest BCUT2D eigenvalue weighted by Gasteiger charge is -2.04. The van der Waals surface area contributed by atoms with Gasteiger partial charge in [0.15, 0.2) is 0 Å². The van der Waals surface area contributed by atoms with Crippen LogP contribution in [0.2, 0.25) is 0 Å². The van der Waals surface area contributed by atoms with Crippen LogP contribution in [0.5, 0.6) is 5.75 Å². The molecule has 0 saturated carbocycles. The van der Waals surface area contributed by atoms with Crippen LogP contribution in [0.1, 0.15) is 0 Å². The Labute approximate surface area is 120 Å². The van der Waals surface area contributed by atoms with Crippen LogP contribution >= 0.6 is 27.7 Å². The maximum absolute atomic E-state index is 13.5. The second-order valence-electron chi connectivity index (χ2n) is 3.59. The molecule has 0 aromatic heterocycles. The molecule has 0 amide bonds. The fraction of sp³-hybridized carbons (Fsp3) is 0. The molecule has 0 aliphatic heterocycles. The molecule has 0 saturated heterocycles. The number of benzene rings is 2. The number of phenolic OH excluding ortho intramolecular Hbond substituents is 1. The SMILES string of the molecule is O=[N+]([O-])c1cc(Br)c(F)cc1Sc1ccc(O)cc1. The normalized spacial score (nSPS) is 10.4. The standard InChI is InChI=1S/C12H7BrFNO3S/c13-9-5-11(15(17)18)12(6-10(9)14)19-8-3-1-7(16)2-4-8/h1-6,16H. The lowest BCUT2D eigenvalue weighted by molar-refractivity contribution is -0.387. The molecule has 0 spiro atoms. The summed E-state index contributed by atoms with van der Waals surface area (Å²) in [5.74, 6) is -0.465. The van der Waals surface area contributed by atoms with Crippen molar-refractivity contribution in [3.63, 3.8) is 0 Å². The molecule has 0 aliphatic rings. The molecule has 1 N–H and O–H groups in total. The van der Waals surface area contributed by atoms with Crippen molar-refractivity contribution in [2.45, 2.75) is 9.79 Å². The number of rotatable bonds is 3. The first-order valence-corrected chi connectivity index (χ1v) is 6.68. The molecule has 98 valence electrons. The number of hydrogen-bond acceptors (Lipinski definition) is 4. The van der Waals surface area contributed by atoms with E-state index in [1.807, 2.05) is 0 Å². The van der Waals surface area contributed by atoms with E-state index >= 15 is 0 Å². The molecule has 2 aromatic rings. The summed E-state index contributed by atoms with van der Waals surface area (Å²) < 4.78 is 13.5. The largest absolute Gasteiger partial charge is 0.508 e.